The van der Waals surface area contributed by atoms with E-state index in [9.17, 15) is 4.57 Å². The molecule has 0 amide bonds. The van der Waals surface area contributed by atoms with Gasteiger partial charge in [-0.1, -0.05) is 0 Å². The normalized spacial score (nSPS) is 14.7. The Morgan fingerprint density at radius 1 is 1.06 bits per heavy atom. The molecule has 1 aliphatic heterocycles. The molecule has 0 aliphatic carbocycles. The van der Waals surface area contributed by atoms with E-state index in [4.69, 9.17) is 4.89 Å². The maximum Gasteiger partial charge on any atom is 0.472 e. The van der Waals surface area contributed by atoms with Gasteiger partial charge in [-0.25, -0.2) is 4.57 Å². The Labute approximate surface area is 110 Å². The van der Waals surface area contributed by atoms with E-state index in [2.05, 4.69) is 45.1 Å². The fraction of sp³-hybridized carbons (Fsp3) is 0.818. The maximum atomic E-state index is 10.5. The molecule has 0 spiro atoms. The van der Waals surface area contributed by atoms with Crippen molar-refractivity contribution in [3.8, 4) is 0 Å². The summed E-state index contributed by atoms with van der Waals surface area (Å²) in [6.45, 7) is 11.3. The molecule has 0 unspecified atom stereocenters. The summed E-state index contributed by atoms with van der Waals surface area (Å²) in [5.74, 6) is 0. The predicted molar refractivity (Wildman–Crippen MR) is 71.8 cm³/mol. The predicted octanol–water partition coefficient (Wildman–Crippen LogP) is 2.23. The van der Waals surface area contributed by atoms with Crippen LogP contribution in [0.5, 0.6) is 0 Å². The molecule has 0 fully saturated rings. The Kier molecular flexibility index (Phi) is 9.10. The third-order valence-corrected chi connectivity index (χ3v) is 3.42. The van der Waals surface area contributed by atoms with Crippen molar-refractivity contribution in [3.63, 3.8) is 0 Å². The highest BCUT2D eigenvalue weighted by Crippen LogP contribution is 2.42. The van der Waals surface area contributed by atoms with Crippen molar-refractivity contribution in [1.82, 2.24) is 9.80 Å². The summed E-state index contributed by atoms with van der Waals surface area (Å²) < 4.78 is 19.2. The van der Waals surface area contributed by atoms with E-state index in [0.29, 0.717) is 0 Å². The van der Waals surface area contributed by atoms with Gasteiger partial charge in [0.1, 0.15) is 0 Å². The van der Waals surface area contributed by atoms with Crippen LogP contribution < -0.4 is 0 Å². The van der Waals surface area contributed by atoms with Crippen molar-refractivity contribution in [3.05, 3.63) is 12.4 Å². The van der Waals surface area contributed by atoms with Crippen LogP contribution in [0.3, 0.4) is 0 Å². The molecule has 0 radical (unpaired) electrons. The van der Waals surface area contributed by atoms with Crippen LogP contribution in [-0.4, -0.2) is 47.7 Å². The van der Waals surface area contributed by atoms with Crippen molar-refractivity contribution in [2.75, 3.05) is 33.0 Å². The monoisotopic (exact) mass is 280 g/mol. The van der Waals surface area contributed by atoms with E-state index in [1.54, 1.807) is 13.8 Å². The number of phosphoric acid groups is 1. The smallest absolute Gasteiger partial charge is 0.359 e. The van der Waals surface area contributed by atoms with E-state index < -0.39 is 7.82 Å². The van der Waals surface area contributed by atoms with Gasteiger partial charge in [0.25, 0.3) is 0 Å². The molecule has 1 aliphatic rings. The molecule has 7 heteroatoms. The summed E-state index contributed by atoms with van der Waals surface area (Å²) in [4.78, 5) is 13.2. The second-order valence-electron chi connectivity index (χ2n) is 3.55. The van der Waals surface area contributed by atoms with E-state index >= 15 is 0 Å². The van der Waals surface area contributed by atoms with Gasteiger partial charge >= 0.3 is 7.82 Å². The van der Waals surface area contributed by atoms with Crippen LogP contribution in [0, 0.1) is 0 Å². The Morgan fingerprint density at radius 2 is 1.44 bits per heavy atom. The van der Waals surface area contributed by atoms with Crippen molar-refractivity contribution in [2.45, 2.75) is 27.7 Å². The van der Waals surface area contributed by atoms with Crippen LogP contribution in [0.4, 0.5) is 0 Å². The van der Waals surface area contributed by atoms with Gasteiger partial charge in [0, 0.05) is 25.5 Å². The first-order valence-corrected chi connectivity index (χ1v) is 7.76. The second-order valence-corrected chi connectivity index (χ2v) is 5.01. The molecule has 0 atom stereocenters. The Hall–Kier alpha value is -0.550. The summed E-state index contributed by atoms with van der Waals surface area (Å²) >= 11 is 0. The van der Waals surface area contributed by atoms with Crippen molar-refractivity contribution in [2.24, 2.45) is 0 Å². The standard InChI is InChI=1S/C7H14N2.C4H11O4P/c1-3-8-5-6-9(4-2)7-8;1-3-7-9(5,6)8-4-2/h5-6H,3-4,7H2,1-2H3;3-4H2,1-2H3,(H,5,6). The second kappa shape index (κ2) is 9.39. The topological polar surface area (TPSA) is 62.2 Å². The van der Waals surface area contributed by atoms with Crippen LogP contribution >= 0.6 is 7.82 Å². The number of phosphoric ester groups is 1. The van der Waals surface area contributed by atoms with E-state index in [-0.39, 0.29) is 13.2 Å². The van der Waals surface area contributed by atoms with Crippen LogP contribution in [0.2, 0.25) is 0 Å². The molecule has 0 aromatic rings. The quantitative estimate of drug-likeness (QED) is 0.753. The molecule has 18 heavy (non-hydrogen) atoms. The molecular weight excluding hydrogens is 255 g/mol. The van der Waals surface area contributed by atoms with Crippen molar-refractivity contribution >= 4 is 7.82 Å². The van der Waals surface area contributed by atoms with Crippen LogP contribution in [0.1, 0.15) is 27.7 Å². The Balaban J connectivity index is 0.000000321. The Bertz CT molecular complexity index is 264. The van der Waals surface area contributed by atoms with Gasteiger partial charge in [0.2, 0.25) is 0 Å². The van der Waals surface area contributed by atoms with Gasteiger partial charge in [0.05, 0.1) is 19.9 Å². The molecular formula is C11H25N2O4P. The zero-order chi connectivity index (χ0) is 14.0. The zero-order valence-corrected chi connectivity index (χ0v) is 12.6. The first-order chi connectivity index (χ1) is 8.49. The van der Waals surface area contributed by atoms with Crippen LogP contribution in [0.15, 0.2) is 12.4 Å². The van der Waals surface area contributed by atoms with E-state index in [1.807, 2.05) is 0 Å². The van der Waals surface area contributed by atoms with Gasteiger partial charge in [0.15, 0.2) is 0 Å². The third-order valence-electron chi connectivity index (χ3n) is 2.25. The Morgan fingerprint density at radius 3 is 1.67 bits per heavy atom. The number of rotatable bonds is 6. The molecule has 1 N–H and O–H groups in total. The third kappa shape index (κ3) is 7.71. The van der Waals surface area contributed by atoms with Gasteiger partial charge < -0.3 is 14.7 Å². The summed E-state index contributed by atoms with van der Waals surface area (Å²) in [5, 5.41) is 0. The van der Waals surface area contributed by atoms with Crippen LogP contribution in [0.25, 0.3) is 0 Å². The van der Waals surface area contributed by atoms with Gasteiger partial charge in [-0.3, -0.25) is 9.05 Å². The molecule has 0 bridgehead atoms. The average Bonchev–Trinajstić information content (AvgIpc) is 2.77. The van der Waals surface area contributed by atoms with Gasteiger partial charge in [-0.05, 0) is 27.7 Å². The fourth-order valence-electron chi connectivity index (χ4n) is 1.29. The molecule has 0 aromatic carbocycles. The minimum atomic E-state index is -3.69. The molecule has 0 saturated heterocycles. The minimum absolute atomic E-state index is 0.188. The van der Waals surface area contributed by atoms with Gasteiger partial charge in [-0.15, -0.1) is 0 Å². The highest BCUT2D eigenvalue weighted by molar-refractivity contribution is 7.47. The number of hydrogen-bond donors (Lipinski definition) is 1. The molecule has 108 valence electrons. The number of hydrogen-bond acceptors (Lipinski definition) is 5. The highest BCUT2D eigenvalue weighted by atomic mass is 31.2. The van der Waals surface area contributed by atoms with Crippen molar-refractivity contribution < 1.29 is 18.5 Å². The lowest BCUT2D eigenvalue weighted by molar-refractivity contribution is 0.161. The molecule has 1 heterocycles. The lowest BCUT2D eigenvalue weighted by Gasteiger charge is -2.17. The lowest BCUT2D eigenvalue weighted by Crippen LogP contribution is -2.24. The molecule has 6 nitrogen and oxygen atoms in total. The first-order valence-electron chi connectivity index (χ1n) is 6.27. The summed E-state index contributed by atoms with van der Waals surface area (Å²) in [6, 6.07) is 0. The molecule has 0 aromatic heterocycles. The molecule has 0 saturated carbocycles. The summed E-state index contributed by atoms with van der Waals surface area (Å²) in [5.41, 5.74) is 0. The maximum absolute atomic E-state index is 10.5. The minimum Gasteiger partial charge on any atom is -0.359 e. The fourth-order valence-corrected chi connectivity index (χ4v) is 2.02. The molecule has 1 rings (SSSR count). The van der Waals surface area contributed by atoms with Gasteiger partial charge in [-0.2, -0.15) is 0 Å². The summed E-state index contributed by atoms with van der Waals surface area (Å²) in [7, 11) is -3.69. The summed E-state index contributed by atoms with van der Waals surface area (Å²) in [6.07, 6.45) is 4.28. The zero-order valence-electron chi connectivity index (χ0n) is 11.7. The SMILES string of the molecule is CCN1C=CN(CC)C1.CCOP(=O)(O)OCC. The lowest BCUT2D eigenvalue weighted by atomic mass is 10.6. The van der Waals surface area contributed by atoms with Crippen LogP contribution in [-0.2, 0) is 13.6 Å². The van der Waals surface area contributed by atoms with Crippen molar-refractivity contribution in [1.29, 1.82) is 0 Å². The largest absolute Gasteiger partial charge is 0.472 e. The van der Waals surface area contributed by atoms with E-state index in [0.717, 1.165) is 19.8 Å². The number of nitrogens with zero attached hydrogens (tertiary/aromatic N) is 2. The first kappa shape index (κ1) is 17.4. The average molecular weight is 280 g/mol. The van der Waals surface area contributed by atoms with E-state index in [1.165, 1.54) is 0 Å². The highest BCUT2D eigenvalue weighted by Gasteiger charge is 2.17.